The molecular formula is C15H20O3. The fraction of sp³-hybridized carbons (Fsp3) is 0.467. The standard InChI is InChI=1S/C15H20O3/c1-11(10-12(16)17)6-9-15(4)8-5-7-14(2,3)13(15)18/h5-6,8-10H,7H2,1-4H3,(H,16,17)/b9-6+,11-10-/t15-/m0/s1. The van der Waals surface area contributed by atoms with Crippen LogP contribution in [-0.2, 0) is 9.59 Å². The molecule has 0 aromatic carbocycles. The van der Waals surface area contributed by atoms with Gasteiger partial charge in [-0.3, -0.25) is 4.79 Å². The zero-order valence-electron chi connectivity index (χ0n) is 11.4. The minimum Gasteiger partial charge on any atom is -0.478 e. The van der Waals surface area contributed by atoms with Crippen molar-refractivity contribution in [2.45, 2.75) is 34.1 Å². The van der Waals surface area contributed by atoms with Gasteiger partial charge in [-0.05, 0) is 25.8 Å². The highest BCUT2D eigenvalue weighted by molar-refractivity contribution is 5.94. The second kappa shape index (κ2) is 4.92. The van der Waals surface area contributed by atoms with Crippen LogP contribution in [0.3, 0.4) is 0 Å². The topological polar surface area (TPSA) is 54.4 Å². The Morgan fingerprint density at radius 3 is 2.56 bits per heavy atom. The van der Waals surface area contributed by atoms with Gasteiger partial charge in [-0.1, -0.05) is 38.2 Å². The third-order valence-electron chi connectivity index (χ3n) is 3.24. The molecule has 0 bridgehead atoms. The fourth-order valence-electron chi connectivity index (χ4n) is 2.17. The Kier molecular flexibility index (Phi) is 3.95. The molecule has 3 nitrogen and oxygen atoms in total. The molecule has 1 aliphatic rings. The average molecular weight is 248 g/mol. The van der Waals surface area contributed by atoms with Crippen molar-refractivity contribution in [1.82, 2.24) is 0 Å². The molecule has 1 rings (SSSR count). The van der Waals surface area contributed by atoms with Crippen molar-refractivity contribution >= 4 is 11.8 Å². The lowest BCUT2D eigenvalue weighted by Gasteiger charge is -2.35. The highest BCUT2D eigenvalue weighted by Gasteiger charge is 2.40. The first-order valence-corrected chi connectivity index (χ1v) is 6.00. The molecule has 0 amide bonds. The predicted molar refractivity (Wildman–Crippen MR) is 71.2 cm³/mol. The van der Waals surface area contributed by atoms with E-state index in [9.17, 15) is 9.59 Å². The van der Waals surface area contributed by atoms with Crippen LogP contribution in [0.4, 0.5) is 0 Å². The van der Waals surface area contributed by atoms with Crippen molar-refractivity contribution in [3.63, 3.8) is 0 Å². The van der Waals surface area contributed by atoms with E-state index in [0.717, 1.165) is 12.5 Å². The normalized spacial score (nSPS) is 27.8. The first kappa shape index (κ1) is 14.4. The molecule has 1 aliphatic carbocycles. The van der Waals surface area contributed by atoms with Gasteiger partial charge in [0.05, 0.1) is 5.41 Å². The summed E-state index contributed by atoms with van der Waals surface area (Å²) in [4.78, 5) is 22.9. The van der Waals surface area contributed by atoms with E-state index in [4.69, 9.17) is 5.11 Å². The highest BCUT2D eigenvalue weighted by atomic mass is 16.4. The van der Waals surface area contributed by atoms with E-state index in [1.165, 1.54) is 0 Å². The summed E-state index contributed by atoms with van der Waals surface area (Å²) in [5, 5.41) is 8.63. The molecule has 0 fully saturated rings. The largest absolute Gasteiger partial charge is 0.478 e. The molecule has 98 valence electrons. The Morgan fingerprint density at radius 1 is 1.39 bits per heavy atom. The van der Waals surface area contributed by atoms with E-state index >= 15 is 0 Å². The summed E-state index contributed by atoms with van der Waals surface area (Å²) in [5.41, 5.74) is -0.388. The van der Waals surface area contributed by atoms with Crippen LogP contribution < -0.4 is 0 Å². The number of aliphatic carboxylic acids is 1. The van der Waals surface area contributed by atoms with Gasteiger partial charge >= 0.3 is 5.97 Å². The lowest BCUT2D eigenvalue weighted by atomic mass is 9.67. The quantitative estimate of drug-likeness (QED) is 0.474. The lowest BCUT2D eigenvalue weighted by molar-refractivity contribution is -0.133. The first-order valence-electron chi connectivity index (χ1n) is 6.00. The number of carbonyl (C=O) groups is 2. The van der Waals surface area contributed by atoms with Crippen LogP contribution in [0.1, 0.15) is 34.1 Å². The number of carboxylic acid groups (broad SMARTS) is 1. The molecule has 18 heavy (non-hydrogen) atoms. The Morgan fingerprint density at radius 2 is 2.00 bits per heavy atom. The van der Waals surface area contributed by atoms with E-state index in [0.29, 0.717) is 5.57 Å². The van der Waals surface area contributed by atoms with Crippen molar-refractivity contribution in [2.75, 3.05) is 0 Å². The van der Waals surface area contributed by atoms with Crippen LogP contribution >= 0.6 is 0 Å². The minimum atomic E-state index is -0.979. The summed E-state index contributed by atoms with van der Waals surface area (Å²) >= 11 is 0. The maximum Gasteiger partial charge on any atom is 0.328 e. The number of hydrogen-bond donors (Lipinski definition) is 1. The van der Waals surface area contributed by atoms with E-state index in [-0.39, 0.29) is 11.2 Å². The summed E-state index contributed by atoms with van der Waals surface area (Å²) in [6.45, 7) is 7.43. The van der Waals surface area contributed by atoms with Crippen molar-refractivity contribution in [2.24, 2.45) is 10.8 Å². The number of allylic oxidation sites excluding steroid dienone is 5. The molecule has 0 radical (unpaired) electrons. The summed E-state index contributed by atoms with van der Waals surface area (Å²) in [5.74, 6) is -0.815. The molecule has 0 unspecified atom stereocenters. The molecule has 0 saturated carbocycles. The predicted octanol–water partition coefficient (Wildman–Crippen LogP) is 3.14. The van der Waals surface area contributed by atoms with Crippen molar-refractivity contribution in [1.29, 1.82) is 0 Å². The monoisotopic (exact) mass is 248 g/mol. The summed E-state index contributed by atoms with van der Waals surface area (Å²) < 4.78 is 0. The molecule has 0 heterocycles. The lowest BCUT2D eigenvalue weighted by Crippen LogP contribution is -2.38. The van der Waals surface area contributed by atoms with Crippen LogP contribution in [0, 0.1) is 10.8 Å². The second-order valence-electron chi connectivity index (χ2n) is 5.66. The van der Waals surface area contributed by atoms with Gasteiger partial charge < -0.3 is 5.11 Å². The molecular weight excluding hydrogens is 228 g/mol. The Labute approximate surface area is 108 Å². The third kappa shape index (κ3) is 3.19. The molecule has 0 aromatic rings. The van der Waals surface area contributed by atoms with Crippen LogP contribution in [0.25, 0.3) is 0 Å². The Balaban J connectivity index is 2.99. The summed E-state index contributed by atoms with van der Waals surface area (Å²) in [7, 11) is 0. The number of ketones is 1. The fourth-order valence-corrected chi connectivity index (χ4v) is 2.17. The molecule has 0 spiro atoms. The maximum atomic E-state index is 12.4. The number of hydrogen-bond acceptors (Lipinski definition) is 2. The highest BCUT2D eigenvalue weighted by Crippen LogP contribution is 2.39. The molecule has 1 N–H and O–H groups in total. The van der Waals surface area contributed by atoms with Gasteiger partial charge in [-0.25, -0.2) is 4.79 Å². The van der Waals surface area contributed by atoms with Gasteiger partial charge in [0.2, 0.25) is 0 Å². The number of rotatable bonds is 3. The van der Waals surface area contributed by atoms with Gasteiger partial charge in [-0.15, -0.1) is 0 Å². The average Bonchev–Trinajstić information content (AvgIpc) is 2.22. The zero-order chi connectivity index (χ0) is 14.0. The second-order valence-corrected chi connectivity index (χ2v) is 5.66. The van der Waals surface area contributed by atoms with Crippen LogP contribution in [-0.4, -0.2) is 16.9 Å². The first-order chi connectivity index (χ1) is 8.17. The van der Waals surface area contributed by atoms with E-state index in [1.807, 2.05) is 32.9 Å². The van der Waals surface area contributed by atoms with E-state index in [1.54, 1.807) is 19.1 Å². The van der Waals surface area contributed by atoms with Gasteiger partial charge in [0.15, 0.2) is 5.78 Å². The zero-order valence-corrected chi connectivity index (χ0v) is 11.4. The van der Waals surface area contributed by atoms with Crippen molar-refractivity contribution in [3.8, 4) is 0 Å². The number of carbonyl (C=O) groups excluding carboxylic acids is 1. The molecule has 0 saturated heterocycles. The SMILES string of the molecule is CC(=C/C(=O)O)/C=C/[C@]1(C)C=CCC(C)(C)C1=O. The molecule has 3 heteroatoms. The van der Waals surface area contributed by atoms with Crippen LogP contribution in [0.2, 0.25) is 0 Å². The van der Waals surface area contributed by atoms with Gasteiger partial charge in [0.25, 0.3) is 0 Å². The Hall–Kier alpha value is -1.64. The number of carboxylic acids is 1. The van der Waals surface area contributed by atoms with Crippen LogP contribution in [0.5, 0.6) is 0 Å². The molecule has 0 aromatic heterocycles. The third-order valence-corrected chi connectivity index (χ3v) is 3.24. The van der Waals surface area contributed by atoms with Gasteiger partial charge in [0.1, 0.15) is 0 Å². The summed E-state index contributed by atoms with van der Waals surface area (Å²) in [6.07, 6.45) is 9.26. The summed E-state index contributed by atoms with van der Waals surface area (Å²) in [6, 6.07) is 0. The minimum absolute atomic E-state index is 0.164. The van der Waals surface area contributed by atoms with E-state index < -0.39 is 11.4 Å². The molecule has 0 aliphatic heterocycles. The number of Topliss-reactive ketones (excluding diaryl/α,β-unsaturated/α-hetero) is 1. The van der Waals surface area contributed by atoms with Crippen LogP contribution in [0.15, 0.2) is 36.0 Å². The Bertz CT molecular complexity index is 452. The van der Waals surface area contributed by atoms with Crippen molar-refractivity contribution in [3.05, 3.63) is 36.0 Å². The van der Waals surface area contributed by atoms with E-state index in [2.05, 4.69) is 0 Å². The van der Waals surface area contributed by atoms with Crippen molar-refractivity contribution < 1.29 is 14.7 Å². The smallest absolute Gasteiger partial charge is 0.328 e. The van der Waals surface area contributed by atoms with Gasteiger partial charge in [-0.2, -0.15) is 0 Å². The molecule has 1 atom stereocenters. The maximum absolute atomic E-state index is 12.4. The van der Waals surface area contributed by atoms with Gasteiger partial charge in [0, 0.05) is 11.5 Å².